The molecular formula is C11H21NO2. The summed E-state index contributed by atoms with van der Waals surface area (Å²) < 4.78 is 5.39. The summed E-state index contributed by atoms with van der Waals surface area (Å²) in [6, 6.07) is 0.969. The second kappa shape index (κ2) is 5.10. The molecule has 14 heavy (non-hydrogen) atoms. The Kier molecular flexibility index (Phi) is 3.79. The van der Waals surface area contributed by atoms with E-state index in [2.05, 4.69) is 4.90 Å². The molecule has 3 heteroatoms. The van der Waals surface area contributed by atoms with Crippen LogP contribution in [0.2, 0.25) is 0 Å². The largest absolute Gasteiger partial charge is 0.395 e. The standard InChI is InChI=1S/C11H21NO2/c13-8-11-9-14-7-6-12(11)10-4-2-1-3-5-10/h10-11,13H,1-9H2. The van der Waals surface area contributed by atoms with Gasteiger partial charge in [0.15, 0.2) is 0 Å². The molecule has 0 aromatic carbocycles. The Morgan fingerprint density at radius 3 is 2.71 bits per heavy atom. The zero-order valence-electron chi connectivity index (χ0n) is 8.82. The molecule has 0 amide bonds. The lowest BCUT2D eigenvalue weighted by atomic mass is 9.93. The number of morpholine rings is 1. The summed E-state index contributed by atoms with van der Waals surface area (Å²) in [6.45, 7) is 2.81. The van der Waals surface area contributed by atoms with Crippen LogP contribution in [0.25, 0.3) is 0 Å². The van der Waals surface area contributed by atoms with Gasteiger partial charge in [-0.25, -0.2) is 0 Å². The molecule has 2 fully saturated rings. The summed E-state index contributed by atoms with van der Waals surface area (Å²) >= 11 is 0. The lowest BCUT2D eigenvalue weighted by Gasteiger charge is -2.41. The number of ether oxygens (including phenoxy) is 1. The molecule has 1 heterocycles. The minimum Gasteiger partial charge on any atom is -0.395 e. The third-order valence-corrected chi connectivity index (χ3v) is 3.53. The lowest BCUT2D eigenvalue weighted by Crippen LogP contribution is -2.52. The van der Waals surface area contributed by atoms with Gasteiger partial charge in [0.05, 0.1) is 25.9 Å². The van der Waals surface area contributed by atoms with Crippen LogP contribution in [0, 0.1) is 0 Å². The van der Waals surface area contributed by atoms with Crippen molar-refractivity contribution in [2.75, 3.05) is 26.4 Å². The van der Waals surface area contributed by atoms with Gasteiger partial charge in [0, 0.05) is 12.6 Å². The third kappa shape index (κ3) is 2.27. The molecule has 0 spiro atoms. The Balaban J connectivity index is 1.91. The second-order valence-electron chi connectivity index (χ2n) is 4.44. The van der Waals surface area contributed by atoms with E-state index in [0.29, 0.717) is 12.6 Å². The molecule has 0 bridgehead atoms. The third-order valence-electron chi connectivity index (χ3n) is 3.53. The number of hydrogen-bond acceptors (Lipinski definition) is 3. The zero-order chi connectivity index (χ0) is 9.80. The molecule has 2 rings (SSSR count). The van der Waals surface area contributed by atoms with Gasteiger partial charge in [-0.15, -0.1) is 0 Å². The van der Waals surface area contributed by atoms with Crippen LogP contribution >= 0.6 is 0 Å². The van der Waals surface area contributed by atoms with Crippen LogP contribution in [-0.2, 0) is 4.74 Å². The van der Waals surface area contributed by atoms with Gasteiger partial charge < -0.3 is 9.84 Å². The molecule has 3 nitrogen and oxygen atoms in total. The van der Waals surface area contributed by atoms with E-state index in [0.717, 1.165) is 13.2 Å². The topological polar surface area (TPSA) is 32.7 Å². The minimum absolute atomic E-state index is 0.247. The van der Waals surface area contributed by atoms with Crippen molar-refractivity contribution >= 4 is 0 Å². The summed E-state index contributed by atoms with van der Waals surface area (Å²) in [5.41, 5.74) is 0. The lowest BCUT2D eigenvalue weighted by molar-refractivity contribution is -0.0533. The molecule has 1 unspecified atom stereocenters. The summed E-state index contributed by atoms with van der Waals surface area (Å²) in [5, 5.41) is 9.27. The Labute approximate surface area is 86.0 Å². The van der Waals surface area contributed by atoms with Gasteiger partial charge in [-0.2, -0.15) is 0 Å². The van der Waals surface area contributed by atoms with Crippen LogP contribution < -0.4 is 0 Å². The molecule has 1 aliphatic heterocycles. The van der Waals surface area contributed by atoms with E-state index in [1.165, 1.54) is 32.1 Å². The van der Waals surface area contributed by atoms with Gasteiger partial charge in [-0.1, -0.05) is 19.3 Å². The van der Waals surface area contributed by atoms with Gasteiger partial charge in [-0.3, -0.25) is 4.90 Å². The van der Waals surface area contributed by atoms with E-state index in [9.17, 15) is 5.11 Å². The molecule has 0 aromatic heterocycles. The quantitative estimate of drug-likeness (QED) is 0.720. The summed E-state index contributed by atoms with van der Waals surface area (Å²) in [6.07, 6.45) is 6.75. The summed E-state index contributed by atoms with van der Waals surface area (Å²) in [4.78, 5) is 2.47. The molecule has 0 aromatic rings. The van der Waals surface area contributed by atoms with Crippen molar-refractivity contribution < 1.29 is 9.84 Å². The molecule has 0 radical (unpaired) electrons. The fraction of sp³-hybridized carbons (Fsp3) is 1.00. The highest BCUT2D eigenvalue weighted by Crippen LogP contribution is 2.25. The van der Waals surface area contributed by atoms with E-state index in [-0.39, 0.29) is 12.6 Å². The Bertz CT molecular complexity index is 169. The van der Waals surface area contributed by atoms with Crippen LogP contribution in [0.5, 0.6) is 0 Å². The van der Waals surface area contributed by atoms with Crippen molar-refractivity contribution in [1.29, 1.82) is 0 Å². The molecule has 82 valence electrons. The van der Waals surface area contributed by atoms with Crippen LogP contribution in [0.4, 0.5) is 0 Å². The molecular weight excluding hydrogens is 178 g/mol. The number of aliphatic hydroxyl groups is 1. The smallest absolute Gasteiger partial charge is 0.0644 e. The fourth-order valence-corrected chi connectivity index (χ4v) is 2.72. The van der Waals surface area contributed by atoms with Crippen molar-refractivity contribution in [2.45, 2.75) is 44.2 Å². The highest BCUT2D eigenvalue weighted by atomic mass is 16.5. The number of rotatable bonds is 2. The maximum absolute atomic E-state index is 9.27. The molecule has 1 saturated carbocycles. The van der Waals surface area contributed by atoms with Crippen molar-refractivity contribution in [3.63, 3.8) is 0 Å². The first-order chi connectivity index (χ1) is 6.92. The van der Waals surface area contributed by atoms with E-state index < -0.39 is 0 Å². The normalized spacial score (nSPS) is 31.9. The maximum Gasteiger partial charge on any atom is 0.0644 e. The zero-order valence-corrected chi connectivity index (χ0v) is 8.82. The molecule has 1 atom stereocenters. The Morgan fingerprint density at radius 1 is 1.21 bits per heavy atom. The van der Waals surface area contributed by atoms with Crippen molar-refractivity contribution in [2.24, 2.45) is 0 Å². The van der Waals surface area contributed by atoms with Gasteiger partial charge in [0.2, 0.25) is 0 Å². The SMILES string of the molecule is OCC1COCCN1C1CCCCC1. The average Bonchev–Trinajstić information content (AvgIpc) is 2.30. The first-order valence-corrected chi connectivity index (χ1v) is 5.86. The summed E-state index contributed by atoms with van der Waals surface area (Å²) in [5.74, 6) is 0. The maximum atomic E-state index is 9.27. The van der Waals surface area contributed by atoms with Crippen molar-refractivity contribution in [3.8, 4) is 0 Å². The Hall–Kier alpha value is -0.120. The average molecular weight is 199 g/mol. The van der Waals surface area contributed by atoms with E-state index in [1.807, 2.05) is 0 Å². The van der Waals surface area contributed by atoms with Crippen LogP contribution in [0.3, 0.4) is 0 Å². The first-order valence-electron chi connectivity index (χ1n) is 5.86. The second-order valence-corrected chi connectivity index (χ2v) is 4.44. The van der Waals surface area contributed by atoms with Gasteiger partial charge >= 0.3 is 0 Å². The molecule has 1 aliphatic carbocycles. The summed E-state index contributed by atoms with van der Waals surface area (Å²) in [7, 11) is 0. The van der Waals surface area contributed by atoms with E-state index in [4.69, 9.17) is 4.74 Å². The molecule has 2 aliphatic rings. The van der Waals surface area contributed by atoms with E-state index in [1.54, 1.807) is 0 Å². The highest BCUT2D eigenvalue weighted by Gasteiger charge is 2.29. The van der Waals surface area contributed by atoms with E-state index >= 15 is 0 Å². The monoisotopic (exact) mass is 199 g/mol. The number of nitrogens with zero attached hydrogens (tertiary/aromatic N) is 1. The fourth-order valence-electron chi connectivity index (χ4n) is 2.72. The predicted octanol–water partition coefficient (Wildman–Crippen LogP) is 1.01. The number of aliphatic hydroxyl groups excluding tert-OH is 1. The van der Waals surface area contributed by atoms with Gasteiger partial charge in [0.25, 0.3) is 0 Å². The minimum atomic E-state index is 0.247. The van der Waals surface area contributed by atoms with Crippen LogP contribution in [0.1, 0.15) is 32.1 Å². The molecule has 1 N–H and O–H groups in total. The van der Waals surface area contributed by atoms with Gasteiger partial charge in [-0.05, 0) is 12.8 Å². The predicted molar refractivity (Wildman–Crippen MR) is 55.3 cm³/mol. The number of hydrogen-bond donors (Lipinski definition) is 1. The van der Waals surface area contributed by atoms with Crippen molar-refractivity contribution in [1.82, 2.24) is 4.90 Å². The van der Waals surface area contributed by atoms with Crippen LogP contribution in [-0.4, -0.2) is 48.5 Å². The van der Waals surface area contributed by atoms with Crippen molar-refractivity contribution in [3.05, 3.63) is 0 Å². The molecule has 1 saturated heterocycles. The first kappa shape index (κ1) is 10.4. The van der Waals surface area contributed by atoms with Crippen LogP contribution in [0.15, 0.2) is 0 Å². The highest BCUT2D eigenvalue weighted by molar-refractivity contribution is 4.83. The van der Waals surface area contributed by atoms with Gasteiger partial charge in [0.1, 0.15) is 0 Å². The Morgan fingerprint density at radius 2 is 2.00 bits per heavy atom.